The van der Waals surface area contributed by atoms with Crippen molar-refractivity contribution in [3.8, 4) is 0 Å². The van der Waals surface area contributed by atoms with E-state index in [4.69, 9.17) is 0 Å². The van der Waals surface area contributed by atoms with E-state index in [1.807, 2.05) is 0 Å². The maximum Gasteiger partial charge on any atom is 0.394 e. The van der Waals surface area contributed by atoms with Crippen LogP contribution in [0.15, 0.2) is 0 Å². The van der Waals surface area contributed by atoms with Gasteiger partial charge in [0, 0.05) is 7.11 Å². The van der Waals surface area contributed by atoms with E-state index in [1.54, 1.807) is 0 Å². The predicted molar refractivity (Wildman–Crippen MR) is 22.2 cm³/mol. The zero-order chi connectivity index (χ0) is 6.62. The van der Waals surface area contributed by atoms with E-state index in [0.717, 1.165) is 0 Å². The first-order valence-corrected chi connectivity index (χ1v) is 1.96. The van der Waals surface area contributed by atoms with Gasteiger partial charge in [-0.3, -0.25) is 0 Å². The summed E-state index contributed by atoms with van der Waals surface area (Å²) in [5.41, 5.74) is 0. The van der Waals surface area contributed by atoms with Gasteiger partial charge in [0.2, 0.25) is 0 Å². The zero-order valence-electron chi connectivity index (χ0n) is 4.33. The number of methoxy groups -OCH3 is 1. The lowest BCUT2D eigenvalue weighted by Crippen LogP contribution is -2.11. The summed E-state index contributed by atoms with van der Waals surface area (Å²) in [6.07, 6.45) is -4.05. The van der Waals surface area contributed by atoms with E-state index >= 15 is 0 Å². The number of hydrogen-bond acceptors (Lipinski definition) is 1. The average Bonchev–Trinajstić information content (AvgIpc) is 1.59. The number of alkyl halides is 3. The molecule has 0 fully saturated rings. The van der Waals surface area contributed by atoms with E-state index in [9.17, 15) is 13.2 Å². The predicted octanol–water partition coefficient (Wildman–Crippen LogP) is 1.40. The Hall–Kier alpha value is -0.250. The Morgan fingerprint density at radius 3 is 2.12 bits per heavy atom. The largest absolute Gasteiger partial charge is 0.394 e. The molecule has 0 heterocycles. The van der Waals surface area contributed by atoms with Crippen molar-refractivity contribution in [2.24, 2.45) is 0 Å². The summed E-state index contributed by atoms with van der Waals surface area (Å²) in [6, 6.07) is 0. The second-order valence-electron chi connectivity index (χ2n) is 1.20. The van der Waals surface area contributed by atoms with Gasteiger partial charge in [-0.05, 0) is 0 Å². The monoisotopic (exact) mass is 127 g/mol. The van der Waals surface area contributed by atoms with E-state index in [1.165, 1.54) is 7.11 Å². The Morgan fingerprint density at radius 1 is 1.50 bits per heavy atom. The first-order valence-electron chi connectivity index (χ1n) is 1.96. The van der Waals surface area contributed by atoms with E-state index in [-0.39, 0.29) is 13.0 Å². The van der Waals surface area contributed by atoms with Crippen LogP contribution in [0.3, 0.4) is 0 Å². The summed E-state index contributed by atoms with van der Waals surface area (Å²) in [6.45, 7) is -0.372. The van der Waals surface area contributed by atoms with Gasteiger partial charge >= 0.3 is 6.18 Å². The Balaban J connectivity index is 3.11. The molecule has 8 heavy (non-hydrogen) atoms. The van der Waals surface area contributed by atoms with Crippen molar-refractivity contribution in [1.29, 1.82) is 0 Å². The smallest absolute Gasteiger partial charge is 0.384 e. The molecule has 0 N–H and O–H groups in total. The third-order valence-electron chi connectivity index (χ3n) is 0.481. The van der Waals surface area contributed by atoms with Crippen LogP contribution in [0.1, 0.15) is 0 Å². The van der Waals surface area contributed by atoms with Crippen LogP contribution in [-0.2, 0) is 4.74 Å². The Labute approximate surface area is 45.4 Å². The topological polar surface area (TPSA) is 9.23 Å². The van der Waals surface area contributed by atoms with Gasteiger partial charge in [-0.2, -0.15) is 13.2 Å². The molecular formula is C4H6F3O. The normalized spacial score (nSPS) is 12.0. The van der Waals surface area contributed by atoms with E-state index in [0.29, 0.717) is 0 Å². The molecule has 0 aliphatic carbocycles. The Morgan fingerprint density at radius 2 is 2.00 bits per heavy atom. The minimum atomic E-state index is -4.20. The average molecular weight is 127 g/mol. The van der Waals surface area contributed by atoms with Crippen LogP contribution in [0, 0.1) is 6.42 Å². The van der Waals surface area contributed by atoms with E-state index in [2.05, 4.69) is 4.74 Å². The first-order chi connectivity index (χ1) is 3.56. The fraction of sp³-hybridized carbons (Fsp3) is 0.750. The van der Waals surface area contributed by atoms with Crippen LogP contribution in [0.2, 0.25) is 0 Å². The highest BCUT2D eigenvalue weighted by atomic mass is 19.4. The molecule has 0 unspecified atom stereocenters. The third-order valence-corrected chi connectivity index (χ3v) is 0.481. The van der Waals surface area contributed by atoms with Crippen LogP contribution in [0.25, 0.3) is 0 Å². The van der Waals surface area contributed by atoms with Crippen molar-refractivity contribution >= 4 is 0 Å². The van der Waals surface area contributed by atoms with Crippen LogP contribution in [0.4, 0.5) is 13.2 Å². The number of ether oxygens (including phenoxy) is 1. The molecule has 1 nitrogen and oxygen atoms in total. The summed E-state index contributed by atoms with van der Waals surface area (Å²) in [5.74, 6) is 0. The molecule has 0 spiro atoms. The van der Waals surface area contributed by atoms with Gasteiger partial charge < -0.3 is 4.74 Å². The van der Waals surface area contributed by atoms with Gasteiger partial charge in [0.25, 0.3) is 0 Å². The summed E-state index contributed by atoms with van der Waals surface area (Å²) in [5, 5.41) is 0. The number of hydrogen-bond donors (Lipinski definition) is 0. The van der Waals surface area contributed by atoms with Gasteiger partial charge in [0.15, 0.2) is 0 Å². The second-order valence-corrected chi connectivity index (χ2v) is 1.20. The van der Waals surface area contributed by atoms with Gasteiger partial charge in [0.1, 0.15) is 0 Å². The standard InChI is InChI=1S/C4H6F3O/c1-8-3-2-4(5,6)7/h2H,3H2,1H3. The lowest BCUT2D eigenvalue weighted by atomic mass is 10.4. The molecule has 4 heteroatoms. The van der Waals surface area contributed by atoms with Crippen molar-refractivity contribution in [3.05, 3.63) is 6.42 Å². The molecular weight excluding hydrogens is 121 g/mol. The molecule has 49 valence electrons. The molecule has 0 aliphatic heterocycles. The van der Waals surface area contributed by atoms with Crippen molar-refractivity contribution in [2.75, 3.05) is 13.7 Å². The Bertz CT molecular complexity index is 58.8. The fourth-order valence-electron chi connectivity index (χ4n) is 0.178. The molecule has 0 aliphatic rings. The highest BCUT2D eigenvalue weighted by Gasteiger charge is 2.26. The minimum absolute atomic E-state index is 0.146. The quantitative estimate of drug-likeness (QED) is 0.544. The molecule has 0 aromatic rings. The molecule has 0 amide bonds. The first kappa shape index (κ1) is 7.75. The van der Waals surface area contributed by atoms with Crippen molar-refractivity contribution in [2.45, 2.75) is 6.18 Å². The third kappa shape index (κ3) is 5.75. The lowest BCUT2D eigenvalue weighted by Gasteiger charge is -2.01. The van der Waals surface area contributed by atoms with Gasteiger partial charge in [0.05, 0.1) is 13.0 Å². The molecule has 1 radical (unpaired) electrons. The maximum atomic E-state index is 11.1. The molecule has 0 atom stereocenters. The SMILES string of the molecule is COC[CH]C(F)(F)F. The highest BCUT2D eigenvalue weighted by molar-refractivity contribution is 4.72. The van der Waals surface area contributed by atoms with E-state index < -0.39 is 6.18 Å². The summed E-state index contributed by atoms with van der Waals surface area (Å²) < 4.78 is 37.5. The molecule has 0 rings (SSSR count). The highest BCUT2D eigenvalue weighted by Crippen LogP contribution is 2.17. The summed E-state index contributed by atoms with van der Waals surface area (Å²) in [7, 11) is 1.21. The minimum Gasteiger partial charge on any atom is -0.384 e. The van der Waals surface area contributed by atoms with Gasteiger partial charge in [-0.1, -0.05) is 0 Å². The number of rotatable bonds is 2. The molecule has 0 saturated heterocycles. The molecule has 0 aromatic carbocycles. The maximum absolute atomic E-state index is 11.1. The number of halogens is 3. The fourth-order valence-corrected chi connectivity index (χ4v) is 0.178. The summed E-state index contributed by atoms with van der Waals surface area (Å²) in [4.78, 5) is 0. The van der Waals surface area contributed by atoms with Crippen molar-refractivity contribution < 1.29 is 17.9 Å². The van der Waals surface area contributed by atoms with Crippen LogP contribution in [-0.4, -0.2) is 19.9 Å². The zero-order valence-corrected chi connectivity index (χ0v) is 4.33. The molecule has 0 bridgehead atoms. The molecule has 0 saturated carbocycles. The summed E-state index contributed by atoms with van der Waals surface area (Å²) >= 11 is 0. The second kappa shape index (κ2) is 2.91. The molecule has 0 aromatic heterocycles. The van der Waals surface area contributed by atoms with Crippen LogP contribution < -0.4 is 0 Å². The lowest BCUT2D eigenvalue weighted by molar-refractivity contribution is -0.104. The van der Waals surface area contributed by atoms with Crippen LogP contribution >= 0.6 is 0 Å². The Kier molecular flexibility index (Phi) is 2.82. The van der Waals surface area contributed by atoms with Gasteiger partial charge in [-0.25, -0.2) is 0 Å². The van der Waals surface area contributed by atoms with Gasteiger partial charge in [-0.15, -0.1) is 0 Å². The van der Waals surface area contributed by atoms with Crippen LogP contribution in [0.5, 0.6) is 0 Å². The van der Waals surface area contributed by atoms with Crippen molar-refractivity contribution in [1.82, 2.24) is 0 Å². The van der Waals surface area contributed by atoms with Crippen molar-refractivity contribution in [3.63, 3.8) is 0 Å².